The number of ether oxygens (including phenoxy) is 1. The summed E-state index contributed by atoms with van der Waals surface area (Å²) >= 11 is 0. The number of hydrogen-bond acceptors (Lipinski definition) is 2. The quantitative estimate of drug-likeness (QED) is 0.718. The second-order valence-electron chi connectivity index (χ2n) is 7.51. The molecule has 2 heterocycles. The van der Waals surface area contributed by atoms with Gasteiger partial charge < -0.3 is 19.4 Å². The van der Waals surface area contributed by atoms with Crippen LogP contribution in [0.5, 0.6) is 5.75 Å². The second kappa shape index (κ2) is 8.55. The number of amides is 1. The molecule has 0 bridgehead atoms. The highest BCUT2D eigenvalue weighted by atomic mass is 16.5. The average molecular weight is 367 g/mol. The number of rotatable bonds is 6. The number of nitrogens with one attached hydrogen (secondary N) is 2. The molecule has 1 saturated heterocycles. The largest absolute Gasteiger partial charge is 0.488 e. The Morgan fingerprint density at radius 2 is 1.63 bits per heavy atom. The lowest BCUT2D eigenvalue weighted by Crippen LogP contribution is -3.28. The van der Waals surface area contributed by atoms with E-state index in [9.17, 15) is 4.79 Å². The molecule has 2 aromatic rings. The maximum Gasteiger partial charge on any atom is 0.282 e. The maximum atomic E-state index is 12.8. The summed E-state index contributed by atoms with van der Waals surface area (Å²) in [6, 6.07) is 18.3. The summed E-state index contributed by atoms with van der Waals surface area (Å²) in [7, 11) is 0. The Bertz CT molecular complexity index is 757. The van der Waals surface area contributed by atoms with Crippen LogP contribution >= 0.6 is 0 Å². The van der Waals surface area contributed by atoms with Crippen molar-refractivity contribution in [1.29, 1.82) is 0 Å². The zero-order chi connectivity index (χ0) is 18.5. The van der Waals surface area contributed by atoms with Crippen molar-refractivity contribution >= 4 is 11.6 Å². The van der Waals surface area contributed by atoms with E-state index in [-0.39, 0.29) is 5.91 Å². The van der Waals surface area contributed by atoms with E-state index in [2.05, 4.69) is 18.2 Å². The van der Waals surface area contributed by atoms with E-state index in [1.807, 2.05) is 41.3 Å². The molecular weight excluding hydrogens is 338 g/mol. The van der Waals surface area contributed by atoms with E-state index in [0.29, 0.717) is 6.54 Å². The molecule has 142 valence electrons. The summed E-state index contributed by atoms with van der Waals surface area (Å²) in [5.74, 6) is 1.21. The van der Waals surface area contributed by atoms with Crippen molar-refractivity contribution in [2.45, 2.75) is 6.42 Å². The third-order valence-corrected chi connectivity index (χ3v) is 5.72. The first-order chi connectivity index (χ1) is 13.3. The molecule has 1 amide bonds. The van der Waals surface area contributed by atoms with Gasteiger partial charge in [0.05, 0.1) is 0 Å². The second-order valence-corrected chi connectivity index (χ2v) is 7.51. The number of quaternary nitrogens is 2. The normalized spacial score (nSPS) is 21.7. The van der Waals surface area contributed by atoms with E-state index in [1.54, 1.807) is 4.90 Å². The molecule has 1 fully saturated rings. The molecule has 2 aliphatic rings. The Kier molecular flexibility index (Phi) is 5.70. The van der Waals surface area contributed by atoms with Crippen LogP contribution < -0.4 is 19.4 Å². The third-order valence-electron chi connectivity index (χ3n) is 5.72. The van der Waals surface area contributed by atoms with Crippen LogP contribution in [0.1, 0.15) is 5.56 Å². The lowest BCUT2D eigenvalue weighted by Gasteiger charge is -2.30. The highest BCUT2D eigenvalue weighted by Crippen LogP contribution is 2.26. The van der Waals surface area contributed by atoms with Crippen molar-refractivity contribution in [2.24, 2.45) is 0 Å². The molecule has 5 nitrogen and oxygen atoms in total. The summed E-state index contributed by atoms with van der Waals surface area (Å²) in [6.45, 7) is 7.55. The first-order valence-electron chi connectivity index (χ1n) is 10.0. The molecule has 27 heavy (non-hydrogen) atoms. The predicted molar refractivity (Wildman–Crippen MR) is 106 cm³/mol. The van der Waals surface area contributed by atoms with Gasteiger partial charge in [-0.2, -0.15) is 0 Å². The lowest BCUT2D eigenvalue weighted by atomic mass is 10.2. The third kappa shape index (κ3) is 4.49. The number of carbonyl (C=O) groups excluding carboxylic acids is 1. The Morgan fingerprint density at radius 1 is 0.926 bits per heavy atom. The molecule has 0 atom stereocenters. The summed E-state index contributed by atoms with van der Waals surface area (Å²) < 4.78 is 5.81. The van der Waals surface area contributed by atoms with E-state index < -0.39 is 0 Å². The van der Waals surface area contributed by atoms with E-state index in [0.717, 1.165) is 63.7 Å². The van der Waals surface area contributed by atoms with Crippen molar-refractivity contribution in [3.05, 3.63) is 60.2 Å². The average Bonchev–Trinajstić information content (AvgIpc) is 3.14. The fourth-order valence-corrected chi connectivity index (χ4v) is 4.12. The molecular formula is C22H29N3O2+2. The number of piperazine rings is 1. The number of anilines is 1. The minimum Gasteiger partial charge on any atom is -0.488 e. The molecule has 0 radical (unpaired) electrons. The fourth-order valence-electron chi connectivity index (χ4n) is 4.12. The SMILES string of the molecule is O=C(C[NH+]1CC[NH+](CCOc2ccccc2)CC1)N1CCc2ccccc21. The summed E-state index contributed by atoms with van der Waals surface area (Å²) in [5.41, 5.74) is 2.41. The van der Waals surface area contributed by atoms with Crippen LogP contribution in [0.3, 0.4) is 0 Å². The molecule has 0 unspecified atom stereocenters. The van der Waals surface area contributed by atoms with Crippen LogP contribution in [-0.4, -0.2) is 58.3 Å². The van der Waals surface area contributed by atoms with Crippen molar-refractivity contribution < 1.29 is 19.3 Å². The Hall–Kier alpha value is -2.37. The Labute approximate surface area is 161 Å². The number of fused-ring (bicyclic) bond motifs is 1. The van der Waals surface area contributed by atoms with E-state index in [4.69, 9.17) is 4.74 Å². The van der Waals surface area contributed by atoms with Gasteiger partial charge in [-0.1, -0.05) is 36.4 Å². The highest BCUT2D eigenvalue weighted by molar-refractivity contribution is 5.96. The highest BCUT2D eigenvalue weighted by Gasteiger charge is 2.29. The molecule has 0 saturated carbocycles. The van der Waals surface area contributed by atoms with E-state index in [1.165, 1.54) is 10.5 Å². The number of carbonyl (C=O) groups is 1. The van der Waals surface area contributed by atoms with Crippen LogP contribution in [0.15, 0.2) is 54.6 Å². The molecule has 2 aromatic carbocycles. The zero-order valence-electron chi connectivity index (χ0n) is 15.8. The fraction of sp³-hybridized carbons (Fsp3) is 0.409. The van der Waals surface area contributed by atoms with Gasteiger partial charge in [0.15, 0.2) is 6.54 Å². The van der Waals surface area contributed by atoms with Gasteiger partial charge in [-0.15, -0.1) is 0 Å². The van der Waals surface area contributed by atoms with E-state index >= 15 is 0 Å². The van der Waals surface area contributed by atoms with Gasteiger partial charge >= 0.3 is 0 Å². The van der Waals surface area contributed by atoms with Crippen molar-refractivity contribution in [3.8, 4) is 5.75 Å². The number of hydrogen-bond donors (Lipinski definition) is 2. The van der Waals surface area contributed by atoms with Gasteiger partial charge in [0, 0.05) is 12.2 Å². The zero-order valence-corrected chi connectivity index (χ0v) is 15.8. The van der Waals surface area contributed by atoms with Gasteiger partial charge in [0.25, 0.3) is 5.91 Å². The first-order valence-corrected chi connectivity index (χ1v) is 10.0. The van der Waals surface area contributed by atoms with Crippen LogP contribution in [0.4, 0.5) is 5.69 Å². The van der Waals surface area contributed by atoms with Crippen LogP contribution in [0.2, 0.25) is 0 Å². The molecule has 5 heteroatoms. The summed E-state index contributed by atoms with van der Waals surface area (Å²) in [6.07, 6.45) is 0.983. The van der Waals surface area contributed by atoms with Crippen molar-refractivity contribution in [1.82, 2.24) is 0 Å². The van der Waals surface area contributed by atoms with Crippen molar-refractivity contribution in [3.63, 3.8) is 0 Å². The Morgan fingerprint density at radius 3 is 2.44 bits per heavy atom. The number of benzene rings is 2. The molecule has 4 rings (SSSR count). The topological polar surface area (TPSA) is 38.4 Å². The van der Waals surface area contributed by atoms with Gasteiger partial charge in [-0.05, 0) is 30.2 Å². The molecule has 0 aliphatic carbocycles. The lowest BCUT2D eigenvalue weighted by molar-refractivity contribution is -1.01. The Balaban J connectivity index is 1.19. The smallest absolute Gasteiger partial charge is 0.282 e. The van der Waals surface area contributed by atoms with Crippen molar-refractivity contribution in [2.75, 3.05) is 57.3 Å². The van der Waals surface area contributed by atoms with Crippen LogP contribution in [0, 0.1) is 0 Å². The molecule has 2 N–H and O–H groups in total. The summed E-state index contributed by atoms with van der Waals surface area (Å²) in [5, 5.41) is 0. The summed E-state index contributed by atoms with van der Waals surface area (Å²) in [4.78, 5) is 17.7. The van der Waals surface area contributed by atoms with Gasteiger partial charge in [0.2, 0.25) is 0 Å². The predicted octanol–water partition coefficient (Wildman–Crippen LogP) is -0.562. The number of para-hydroxylation sites is 2. The van der Waals surface area contributed by atoms with Crippen LogP contribution in [0.25, 0.3) is 0 Å². The molecule has 0 spiro atoms. The maximum absolute atomic E-state index is 12.8. The van der Waals surface area contributed by atoms with Gasteiger partial charge in [0.1, 0.15) is 45.1 Å². The minimum absolute atomic E-state index is 0.269. The molecule has 2 aliphatic heterocycles. The monoisotopic (exact) mass is 367 g/mol. The van der Waals surface area contributed by atoms with Crippen LogP contribution in [-0.2, 0) is 11.2 Å². The minimum atomic E-state index is 0.269. The standard InChI is InChI=1S/C22H27N3O2/c26-22(25-11-10-19-6-4-5-9-21(19)25)18-24-14-12-23(13-15-24)16-17-27-20-7-2-1-3-8-20/h1-9H,10-18H2/p+2. The number of nitrogens with zero attached hydrogens (tertiary/aromatic N) is 1. The molecule has 0 aromatic heterocycles. The van der Waals surface area contributed by atoms with Gasteiger partial charge in [-0.3, -0.25) is 4.79 Å². The first kappa shape index (κ1) is 18.0. The van der Waals surface area contributed by atoms with Gasteiger partial charge in [-0.25, -0.2) is 0 Å².